The first-order valence-corrected chi connectivity index (χ1v) is 9.55. The summed E-state index contributed by atoms with van der Waals surface area (Å²) in [5.74, 6) is -1.79. The molecule has 2 aromatic carbocycles. The number of primary amides is 1. The fourth-order valence-electron chi connectivity index (χ4n) is 2.95. The Morgan fingerprint density at radius 1 is 1.17 bits per heavy atom. The fraction of sp³-hybridized carbons (Fsp3) is 0.200. The van der Waals surface area contributed by atoms with Crippen molar-refractivity contribution in [1.29, 1.82) is 0 Å². The number of carbonyl (C=O) groups is 3. The van der Waals surface area contributed by atoms with Crippen LogP contribution in [-0.4, -0.2) is 36.6 Å². The van der Waals surface area contributed by atoms with E-state index in [1.807, 2.05) is 6.07 Å². The Labute approximate surface area is 175 Å². The number of halogens is 1. The standard InChI is InChI=1S/C20H19BrN4O4/c1-29-20(28)17(12-7-9-13(21)10-8-12)23-19(27)15-11-16(18(22)26)25(24-15)14-5-3-2-4-6-14/h2-10,16-17H,11H2,1H3,(H2,22,26)(H,23,27). The molecule has 3 N–H and O–H groups in total. The van der Waals surface area contributed by atoms with Gasteiger partial charge in [0.2, 0.25) is 5.91 Å². The van der Waals surface area contributed by atoms with Crippen molar-refractivity contribution in [3.05, 3.63) is 64.6 Å². The molecule has 2 unspecified atom stereocenters. The van der Waals surface area contributed by atoms with Gasteiger partial charge >= 0.3 is 5.97 Å². The molecule has 3 rings (SSSR count). The van der Waals surface area contributed by atoms with Crippen molar-refractivity contribution in [2.75, 3.05) is 12.1 Å². The number of nitrogens with two attached hydrogens (primary N) is 1. The van der Waals surface area contributed by atoms with Crippen molar-refractivity contribution in [2.45, 2.75) is 18.5 Å². The van der Waals surface area contributed by atoms with Crippen LogP contribution in [0, 0.1) is 0 Å². The number of hydrogen-bond acceptors (Lipinski definition) is 6. The maximum Gasteiger partial charge on any atom is 0.333 e. The number of hydrogen-bond donors (Lipinski definition) is 2. The number of esters is 1. The molecule has 2 atom stereocenters. The van der Waals surface area contributed by atoms with Crippen LogP contribution in [0.1, 0.15) is 18.0 Å². The number of nitrogens with one attached hydrogen (secondary N) is 1. The molecule has 0 saturated heterocycles. The van der Waals surface area contributed by atoms with Crippen LogP contribution in [-0.2, 0) is 19.1 Å². The number of amides is 2. The summed E-state index contributed by atoms with van der Waals surface area (Å²) >= 11 is 3.33. The highest BCUT2D eigenvalue weighted by atomic mass is 79.9. The summed E-state index contributed by atoms with van der Waals surface area (Å²) in [6.45, 7) is 0. The van der Waals surface area contributed by atoms with Crippen LogP contribution in [0.15, 0.2) is 64.2 Å². The molecule has 0 aromatic heterocycles. The van der Waals surface area contributed by atoms with Crippen LogP contribution in [0.2, 0.25) is 0 Å². The zero-order valence-corrected chi connectivity index (χ0v) is 17.1. The van der Waals surface area contributed by atoms with E-state index in [4.69, 9.17) is 10.5 Å². The molecule has 8 nitrogen and oxygen atoms in total. The van der Waals surface area contributed by atoms with Crippen LogP contribution in [0.4, 0.5) is 5.69 Å². The molecule has 1 heterocycles. The van der Waals surface area contributed by atoms with E-state index >= 15 is 0 Å². The second-order valence-electron chi connectivity index (χ2n) is 6.33. The molecule has 9 heteroatoms. The monoisotopic (exact) mass is 458 g/mol. The molecule has 1 aliphatic rings. The van der Waals surface area contributed by atoms with Crippen molar-refractivity contribution in [1.82, 2.24) is 5.32 Å². The molecule has 2 aromatic rings. The van der Waals surface area contributed by atoms with Gasteiger partial charge in [-0.2, -0.15) is 5.10 Å². The van der Waals surface area contributed by atoms with Crippen LogP contribution in [0.3, 0.4) is 0 Å². The summed E-state index contributed by atoms with van der Waals surface area (Å²) in [5.41, 5.74) is 6.79. The first-order valence-electron chi connectivity index (χ1n) is 8.76. The molecule has 2 amide bonds. The first-order chi connectivity index (χ1) is 13.9. The van der Waals surface area contributed by atoms with Crippen molar-refractivity contribution >= 4 is 45.1 Å². The molecule has 0 aliphatic carbocycles. The summed E-state index contributed by atoms with van der Waals surface area (Å²) in [5, 5.41) is 8.34. The summed E-state index contributed by atoms with van der Waals surface area (Å²) in [7, 11) is 1.24. The van der Waals surface area contributed by atoms with Gasteiger partial charge in [-0.1, -0.05) is 46.3 Å². The lowest BCUT2D eigenvalue weighted by molar-refractivity contribution is -0.144. The van der Waals surface area contributed by atoms with Gasteiger partial charge in [0.1, 0.15) is 11.8 Å². The normalized spacial score (nSPS) is 16.7. The number of para-hydroxylation sites is 1. The molecular weight excluding hydrogens is 440 g/mol. The van der Waals surface area contributed by atoms with Crippen molar-refractivity contribution in [3.63, 3.8) is 0 Å². The second-order valence-corrected chi connectivity index (χ2v) is 7.25. The quantitative estimate of drug-likeness (QED) is 0.641. The Balaban J connectivity index is 1.85. The first kappa shape index (κ1) is 20.5. The molecule has 0 saturated carbocycles. The Morgan fingerprint density at radius 3 is 2.41 bits per heavy atom. The number of nitrogens with zero attached hydrogens (tertiary/aromatic N) is 2. The van der Waals surface area contributed by atoms with Crippen molar-refractivity contribution < 1.29 is 19.1 Å². The predicted octanol–water partition coefficient (Wildman–Crippen LogP) is 1.90. The lowest BCUT2D eigenvalue weighted by atomic mass is 10.1. The minimum absolute atomic E-state index is 0.0320. The molecular formula is C20H19BrN4O4. The molecule has 150 valence electrons. The Hall–Kier alpha value is -3.20. The summed E-state index contributed by atoms with van der Waals surface area (Å²) < 4.78 is 5.65. The maximum atomic E-state index is 12.8. The number of anilines is 1. The minimum atomic E-state index is -1.01. The van der Waals surface area contributed by atoms with Gasteiger partial charge in [-0.15, -0.1) is 0 Å². The van der Waals surface area contributed by atoms with Crippen molar-refractivity contribution in [3.8, 4) is 0 Å². The Bertz CT molecular complexity index is 947. The van der Waals surface area contributed by atoms with Gasteiger partial charge in [0.05, 0.1) is 12.8 Å². The van der Waals surface area contributed by atoms with Crippen LogP contribution < -0.4 is 16.1 Å². The molecule has 1 aliphatic heterocycles. The Morgan fingerprint density at radius 2 is 1.83 bits per heavy atom. The average molecular weight is 459 g/mol. The average Bonchev–Trinajstić information content (AvgIpc) is 3.19. The van der Waals surface area contributed by atoms with E-state index in [1.54, 1.807) is 48.5 Å². The number of carbonyl (C=O) groups excluding carboxylic acids is 3. The lowest BCUT2D eigenvalue weighted by Gasteiger charge is -2.20. The smallest absolute Gasteiger partial charge is 0.333 e. The second kappa shape index (κ2) is 8.87. The molecule has 0 spiro atoms. The van der Waals surface area contributed by atoms with E-state index < -0.39 is 29.9 Å². The van der Waals surface area contributed by atoms with Gasteiger partial charge in [-0.05, 0) is 29.8 Å². The van der Waals surface area contributed by atoms with E-state index in [9.17, 15) is 14.4 Å². The van der Waals surface area contributed by atoms with Crippen LogP contribution in [0.5, 0.6) is 0 Å². The number of rotatable bonds is 6. The van der Waals surface area contributed by atoms with Crippen molar-refractivity contribution in [2.24, 2.45) is 10.8 Å². The predicted molar refractivity (Wildman–Crippen MR) is 111 cm³/mol. The number of ether oxygens (including phenoxy) is 1. The maximum absolute atomic E-state index is 12.8. The van der Waals surface area contributed by atoms with E-state index in [1.165, 1.54) is 12.1 Å². The third kappa shape index (κ3) is 4.62. The highest BCUT2D eigenvalue weighted by Gasteiger charge is 2.36. The summed E-state index contributed by atoms with van der Waals surface area (Å²) in [4.78, 5) is 36.9. The number of methoxy groups -OCH3 is 1. The Kier molecular flexibility index (Phi) is 6.28. The van der Waals surface area contributed by atoms with Gasteiger partial charge in [0.15, 0.2) is 6.04 Å². The highest BCUT2D eigenvalue weighted by Crippen LogP contribution is 2.25. The molecule has 0 radical (unpaired) electrons. The topological polar surface area (TPSA) is 114 Å². The molecule has 0 fully saturated rings. The van der Waals surface area contributed by atoms with E-state index in [0.717, 1.165) is 4.47 Å². The SMILES string of the molecule is COC(=O)C(NC(=O)C1=NN(c2ccccc2)C(C(N)=O)C1)c1ccc(Br)cc1. The van der Waals surface area contributed by atoms with Gasteiger partial charge in [0.25, 0.3) is 5.91 Å². The third-order valence-corrected chi connectivity index (χ3v) is 4.97. The van der Waals surface area contributed by atoms with E-state index in [2.05, 4.69) is 26.3 Å². The number of benzene rings is 2. The van der Waals surface area contributed by atoms with E-state index in [0.29, 0.717) is 11.3 Å². The van der Waals surface area contributed by atoms with Gasteiger partial charge in [-0.3, -0.25) is 14.6 Å². The van der Waals surface area contributed by atoms with Crippen LogP contribution in [0.25, 0.3) is 0 Å². The lowest BCUT2D eigenvalue weighted by Crippen LogP contribution is -2.41. The molecule has 29 heavy (non-hydrogen) atoms. The fourth-order valence-corrected chi connectivity index (χ4v) is 3.22. The van der Waals surface area contributed by atoms with Gasteiger partial charge in [-0.25, -0.2) is 4.79 Å². The minimum Gasteiger partial charge on any atom is -0.467 e. The summed E-state index contributed by atoms with van der Waals surface area (Å²) in [6, 6.07) is 14.0. The van der Waals surface area contributed by atoms with E-state index in [-0.39, 0.29) is 12.1 Å². The molecule has 0 bridgehead atoms. The van der Waals surface area contributed by atoms with Gasteiger partial charge < -0.3 is 15.8 Å². The third-order valence-electron chi connectivity index (χ3n) is 4.44. The summed E-state index contributed by atoms with van der Waals surface area (Å²) in [6.07, 6.45) is 0.0320. The zero-order chi connectivity index (χ0) is 21.0. The zero-order valence-electron chi connectivity index (χ0n) is 15.5. The van der Waals surface area contributed by atoms with Gasteiger partial charge in [0, 0.05) is 10.9 Å². The highest BCUT2D eigenvalue weighted by molar-refractivity contribution is 9.10. The van der Waals surface area contributed by atoms with Crippen LogP contribution >= 0.6 is 15.9 Å². The number of hydrazone groups is 1. The largest absolute Gasteiger partial charge is 0.467 e.